The number of rotatable bonds is 5. The molecule has 0 fully saturated rings. The van der Waals surface area contributed by atoms with E-state index in [9.17, 15) is 9.59 Å². The quantitative estimate of drug-likeness (QED) is 0.802. The van der Waals surface area contributed by atoms with Crippen LogP contribution < -0.4 is 11.1 Å². The van der Waals surface area contributed by atoms with Gasteiger partial charge in [-0.3, -0.25) is 4.79 Å². The SMILES string of the molecule is COC(=O)c1cccc(Cc2cnc(NC(=O)[C@@H](C)N)s2)c1.Cl. The fourth-order valence-corrected chi connectivity index (χ4v) is 2.64. The van der Waals surface area contributed by atoms with E-state index in [2.05, 4.69) is 10.3 Å². The first-order valence-electron chi connectivity index (χ1n) is 6.68. The first-order valence-corrected chi connectivity index (χ1v) is 7.49. The number of methoxy groups -OCH3 is 1. The molecule has 0 radical (unpaired) electrons. The monoisotopic (exact) mass is 355 g/mol. The number of benzene rings is 1. The lowest BCUT2D eigenvalue weighted by molar-refractivity contribution is -0.117. The highest BCUT2D eigenvalue weighted by atomic mass is 35.5. The van der Waals surface area contributed by atoms with Crippen molar-refractivity contribution in [1.29, 1.82) is 0 Å². The number of ether oxygens (including phenoxy) is 1. The number of carbonyl (C=O) groups excluding carboxylic acids is 2. The van der Waals surface area contributed by atoms with Crippen molar-refractivity contribution < 1.29 is 14.3 Å². The average Bonchev–Trinajstić information content (AvgIpc) is 2.93. The van der Waals surface area contributed by atoms with Gasteiger partial charge in [-0.25, -0.2) is 9.78 Å². The lowest BCUT2D eigenvalue weighted by Gasteiger charge is -2.04. The van der Waals surface area contributed by atoms with Gasteiger partial charge in [0.05, 0.1) is 18.7 Å². The van der Waals surface area contributed by atoms with Crippen molar-refractivity contribution in [2.24, 2.45) is 5.73 Å². The van der Waals surface area contributed by atoms with Crippen LogP contribution >= 0.6 is 23.7 Å². The van der Waals surface area contributed by atoms with E-state index in [1.165, 1.54) is 18.4 Å². The number of amides is 1. The second kappa shape index (κ2) is 8.61. The summed E-state index contributed by atoms with van der Waals surface area (Å²) in [5.74, 6) is -0.635. The lowest BCUT2D eigenvalue weighted by atomic mass is 10.1. The Hall–Kier alpha value is -1.96. The third kappa shape index (κ3) is 5.31. The van der Waals surface area contributed by atoms with Crippen molar-refractivity contribution in [2.75, 3.05) is 12.4 Å². The molecule has 0 unspecified atom stereocenters. The summed E-state index contributed by atoms with van der Waals surface area (Å²) < 4.78 is 4.70. The Kier molecular flexibility index (Phi) is 7.15. The fraction of sp³-hybridized carbons (Fsp3) is 0.267. The number of aromatic nitrogens is 1. The standard InChI is InChI=1S/C15H17N3O3S.ClH/c1-9(16)13(19)18-15-17-8-12(22-15)7-10-4-3-5-11(6-10)14(20)21-2;/h3-6,8-9H,7,16H2,1-2H3,(H,17,18,19);1H/t9-;/m1./s1. The van der Waals surface area contributed by atoms with Gasteiger partial charge in [0.25, 0.3) is 0 Å². The molecule has 0 saturated carbocycles. The molecule has 1 atom stereocenters. The number of nitrogens with one attached hydrogen (secondary N) is 1. The third-order valence-electron chi connectivity index (χ3n) is 2.92. The number of hydrogen-bond donors (Lipinski definition) is 2. The van der Waals surface area contributed by atoms with Crippen LogP contribution in [0.1, 0.15) is 27.7 Å². The Morgan fingerprint density at radius 3 is 2.83 bits per heavy atom. The molecule has 0 aliphatic rings. The van der Waals surface area contributed by atoms with E-state index in [0.29, 0.717) is 17.1 Å². The summed E-state index contributed by atoms with van der Waals surface area (Å²) in [6, 6.07) is 6.64. The summed E-state index contributed by atoms with van der Waals surface area (Å²) >= 11 is 1.38. The van der Waals surface area contributed by atoms with Gasteiger partial charge in [0.2, 0.25) is 5.91 Å². The van der Waals surface area contributed by atoms with Crippen LogP contribution in [0, 0.1) is 0 Å². The predicted octanol–water partition coefficient (Wildman–Crippen LogP) is 2.23. The Bertz CT molecular complexity index is 688. The van der Waals surface area contributed by atoms with Crippen molar-refractivity contribution in [3.63, 3.8) is 0 Å². The van der Waals surface area contributed by atoms with Gasteiger partial charge in [-0.05, 0) is 24.6 Å². The third-order valence-corrected chi connectivity index (χ3v) is 3.84. The number of halogens is 1. The van der Waals surface area contributed by atoms with Gasteiger partial charge >= 0.3 is 5.97 Å². The summed E-state index contributed by atoms with van der Waals surface area (Å²) in [5, 5.41) is 3.17. The first kappa shape index (κ1) is 19.1. The normalized spacial score (nSPS) is 11.3. The molecule has 6 nitrogen and oxygen atoms in total. The number of esters is 1. The molecule has 23 heavy (non-hydrogen) atoms. The van der Waals surface area contributed by atoms with Crippen molar-refractivity contribution in [2.45, 2.75) is 19.4 Å². The van der Waals surface area contributed by atoms with Crippen molar-refractivity contribution >= 4 is 40.8 Å². The van der Waals surface area contributed by atoms with Crippen LogP contribution in [-0.4, -0.2) is 30.0 Å². The number of carbonyl (C=O) groups is 2. The van der Waals surface area contributed by atoms with E-state index in [1.54, 1.807) is 31.3 Å². The minimum Gasteiger partial charge on any atom is -0.465 e. The molecule has 0 spiro atoms. The van der Waals surface area contributed by atoms with Crippen LogP contribution in [0.2, 0.25) is 0 Å². The van der Waals surface area contributed by atoms with Crippen molar-refractivity contribution in [1.82, 2.24) is 4.98 Å². The second-order valence-corrected chi connectivity index (χ2v) is 5.89. The van der Waals surface area contributed by atoms with E-state index < -0.39 is 6.04 Å². The van der Waals surface area contributed by atoms with E-state index in [1.807, 2.05) is 6.07 Å². The molecule has 0 bridgehead atoms. The summed E-state index contributed by atoms with van der Waals surface area (Å²) in [6.07, 6.45) is 2.32. The highest BCUT2D eigenvalue weighted by molar-refractivity contribution is 7.15. The minimum absolute atomic E-state index is 0. The molecule has 1 amide bonds. The molecule has 8 heteroatoms. The molecule has 3 N–H and O–H groups in total. The lowest BCUT2D eigenvalue weighted by Crippen LogP contribution is -2.32. The van der Waals surface area contributed by atoms with Crippen LogP contribution in [0.4, 0.5) is 5.13 Å². The van der Waals surface area contributed by atoms with Gasteiger partial charge in [0, 0.05) is 17.5 Å². The Morgan fingerprint density at radius 1 is 1.43 bits per heavy atom. The van der Waals surface area contributed by atoms with Gasteiger partial charge in [0.15, 0.2) is 5.13 Å². The van der Waals surface area contributed by atoms with E-state index in [0.717, 1.165) is 10.4 Å². The number of anilines is 1. The molecule has 0 saturated heterocycles. The smallest absolute Gasteiger partial charge is 0.337 e. The summed E-state index contributed by atoms with van der Waals surface area (Å²) in [5.41, 5.74) is 6.97. The molecular weight excluding hydrogens is 338 g/mol. The maximum atomic E-state index is 11.5. The van der Waals surface area contributed by atoms with Crippen LogP contribution in [0.3, 0.4) is 0 Å². The van der Waals surface area contributed by atoms with Crippen LogP contribution in [0.25, 0.3) is 0 Å². The maximum absolute atomic E-state index is 11.5. The van der Waals surface area contributed by atoms with Crippen LogP contribution in [-0.2, 0) is 16.0 Å². The number of thiazole rings is 1. The summed E-state index contributed by atoms with van der Waals surface area (Å²) in [7, 11) is 1.35. The highest BCUT2D eigenvalue weighted by Gasteiger charge is 2.11. The van der Waals surface area contributed by atoms with Crippen LogP contribution in [0.5, 0.6) is 0 Å². The molecule has 0 aliphatic carbocycles. The molecule has 2 rings (SSSR count). The van der Waals surface area contributed by atoms with Gasteiger partial charge in [-0.15, -0.1) is 23.7 Å². The fourth-order valence-electron chi connectivity index (χ4n) is 1.79. The average molecular weight is 356 g/mol. The van der Waals surface area contributed by atoms with Crippen molar-refractivity contribution in [3.05, 3.63) is 46.5 Å². The Balaban J connectivity index is 0.00000264. The van der Waals surface area contributed by atoms with E-state index in [4.69, 9.17) is 10.5 Å². The summed E-state index contributed by atoms with van der Waals surface area (Å²) in [4.78, 5) is 28.1. The van der Waals surface area contributed by atoms with Gasteiger partial charge in [0.1, 0.15) is 0 Å². The summed E-state index contributed by atoms with van der Waals surface area (Å²) in [6.45, 7) is 1.61. The zero-order valence-electron chi connectivity index (χ0n) is 12.7. The maximum Gasteiger partial charge on any atom is 0.337 e. The second-order valence-electron chi connectivity index (χ2n) is 4.78. The molecule has 1 heterocycles. The van der Waals surface area contributed by atoms with Crippen molar-refractivity contribution in [3.8, 4) is 0 Å². The highest BCUT2D eigenvalue weighted by Crippen LogP contribution is 2.21. The zero-order chi connectivity index (χ0) is 16.1. The largest absolute Gasteiger partial charge is 0.465 e. The minimum atomic E-state index is -0.580. The molecule has 1 aromatic carbocycles. The van der Waals surface area contributed by atoms with Gasteiger partial charge in [-0.1, -0.05) is 12.1 Å². The molecule has 2 aromatic rings. The van der Waals surface area contributed by atoms with Gasteiger partial charge in [-0.2, -0.15) is 0 Å². The Labute approximate surface area is 144 Å². The number of nitrogens with zero attached hydrogens (tertiary/aromatic N) is 1. The van der Waals surface area contributed by atoms with Crippen LogP contribution in [0.15, 0.2) is 30.5 Å². The first-order chi connectivity index (χ1) is 10.5. The predicted molar refractivity (Wildman–Crippen MR) is 92.2 cm³/mol. The molecular formula is C15H18ClN3O3S. The molecule has 1 aromatic heterocycles. The van der Waals surface area contributed by atoms with E-state index in [-0.39, 0.29) is 24.3 Å². The zero-order valence-corrected chi connectivity index (χ0v) is 14.4. The van der Waals surface area contributed by atoms with E-state index >= 15 is 0 Å². The molecule has 124 valence electrons. The topological polar surface area (TPSA) is 94.3 Å². The van der Waals surface area contributed by atoms with Gasteiger partial charge < -0.3 is 15.8 Å². The number of hydrogen-bond acceptors (Lipinski definition) is 6. The number of nitrogens with two attached hydrogens (primary N) is 1. The Morgan fingerprint density at radius 2 is 2.17 bits per heavy atom. The molecule has 0 aliphatic heterocycles.